The SMILES string of the molecule is Cc1cc(C)cc(OCCCn2c(CCCN3CCCC3)nc3ccccc32)c1. The van der Waals surface area contributed by atoms with Gasteiger partial charge >= 0.3 is 0 Å². The minimum atomic E-state index is 0.725. The van der Waals surface area contributed by atoms with Gasteiger partial charge in [-0.05, 0) is 94.6 Å². The van der Waals surface area contributed by atoms with E-state index in [1.165, 1.54) is 61.4 Å². The van der Waals surface area contributed by atoms with Gasteiger partial charge in [0, 0.05) is 13.0 Å². The summed E-state index contributed by atoms with van der Waals surface area (Å²) in [5.74, 6) is 2.20. The van der Waals surface area contributed by atoms with Crippen LogP contribution in [0.15, 0.2) is 42.5 Å². The molecule has 2 aromatic carbocycles. The molecule has 0 aliphatic carbocycles. The zero-order valence-corrected chi connectivity index (χ0v) is 17.9. The zero-order valence-electron chi connectivity index (χ0n) is 17.9. The Hall–Kier alpha value is -2.33. The summed E-state index contributed by atoms with van der Waals surface area (Å²) in [7, 11) is 0. The number of benzene rings is 2. The number of aryl methyl sites for hydroxylation is 4. The standard InChI is InChI=1S/C25H33N3O/c1-20-17-21(2)19-22(18-20)29-16-8-15-28-24-10-4-3-9-23(24)26-25(28)11-7-14-27-12-5-6-13-27/h3-4,9-10,17-19H,5-8,11-16H2,1-2H3. The predicted molar refractivity (Wildman–Crippen MR) is 120 cm³/mol. The molecule has 0 unspecified atom stereocenters. The fourth-order valence-electron chi connectivity index (χ4n) is 4.46. The molecule has 3 aromatic rings. The number of para-hydroxylation sites is 2. The molecule has 0 spiro atoms. The highest BCUT2D eigenvalue weighted by atomic mass is 16.5. The summed E-state index contributed by atoms with van der Waals surface area (Å²) in [6, 6.07) is 14.9. The van der Waals surface area contributed by atoms with Gasteiger partial charge < -0.3 is 14.2 Å². The molecule has 0 bridgehead atoms. The van der Waals surface area contributed by atoms with Crippen LogP contribution in [0, 0.1) is 13.8 Å². The van der Waals surface area contributed by atoms with Gasteiger partial charge in [0.1, 0.15) is 11.6 Å². The largest absolute Gasteiger partial charge is 0.494 e. The Kier molecular flexibility index (Phi) is 6.50. The number of likely N-dealkylation sites (tertiary alicyclic amines) is 1. The van der Waals surface area contributed by atoms with Crippen molar-refractivity contribution >= 4 is 11.0 Å². The van der Waals surface area contributed by atoms with Gasteiger partial charge in [-0.2, -0.15) is 0 Å². The van der Waals surface area contributed by atoms with Crippen LogP contribution in [0.1, 0.15) is 42.6 Å². The summed E-state index contributed by atoms with van der Waals surface area (Å²) >= 11 is 0. The van der Waals surface area contributed by atoms with E-state index in [1.807, 2.05) is 0 Å². The maximum Gasteiger partial charge on any atom is 0.119 e. The third-order valence-corrected chi connectivity index (χ3v) is 5.80. The highest BCUT2D eigenvalue weighted by Gasteiger charge is 2.13. The Balaban J connectivity index is 1.37. The topological polar surface area (TPSA) is 30.3 Å². The zero-order chi connectivity index (χ0) is 20.1. The molecule has 29 heavy (non-hydrogen) atoms. The van der Waals surface area contributed by atoms with Crippen LogP contribution in [0.3, 0.4) is 0 Å². The third-order valence-electron chi connectivity index (χ3n) is 5.80. The summed E-state index contributed by atoms with van der Waals surface area (Å²) in [6.45, 7) is 9.64. The molecule has 1 aromatic heterocycles. The smallest absolute Gasteiger partial charge is 0.119 e. The van der Waals surface area contributed by atoms with Crippen molar-refractivity contribution in [2.45, 2.75) is 52.5 Å². The Morgan fingerprint density at radius 1 is 0.931 bits per heavy atom. The van der Waals surface area contributed by atoms with E-state index in [9.17, 15) is 0 Å². The maximum atomic E-state index is 6.03. The molecule has 0 saturated carbocycles. The first kappa shape index (κ1) is 20.0. The van der Waals surface area contributed by atoms with Crippen molar-refractivity contribution < 1.29 is 4.74 Å². The Bertz CT molecular complexity index is 920. The summed E-state index contributed by atoms with van der Waals surface area (Å²) < 4.78 is 8.43. The Labute approximate surface area is 174 Å². The fourth-order valence-corrected chi connectivity index (χ4v) is 4.46. The molecule has 4 nitrogen and oxygen atoms in total. The minimum Gasteiger partial charge on any atom is -0.494 e. The summed E-state index contributed by atoms with van der Waals surface area (Å²) in [6.07, 6.45) is 5.93. The first-order chi connectivity index (χ1) is 14.2. The highest BCUT2D eigenvalue weighted by Crippen LogP contribution is 2.20. The fraction of sp³-hybridized carbons (Fsp3) is 0.480. The molecule has 0 radical (unpaired) electrons. The van der Waals surface area contributed by atoms with Crippen LogP contribution in [0.2, 0.25) is 0 Å². The van der Waals surface area contributed by atoms with Gasteiger partial charge in [0.25, 0.3) is 0 Å². The second-order valence-electron chi connectivity index (χ2n) is 8.35. The molecule has 4 heteroatoms. The summed E-state index contributed by atoms with van der Waals surface area (Å²) in [5.41, 5.74) is 4.86. The highest BCUT2D eigenvalue weighted by molar-refractivity contribution is 5.75. The molecular formula is C25H33N3O. The van der Waals surface area contributed by atoms with E-state index in [1.54, 1.807) is 0 Å². The number of rotatable bonds is 9. The van der Waals surface area contributed by atoms with Gasteiger partial charge in [0.05, 0.1) is 17.6 Å². The van der Waals surface area contributed by atoms with Gasteiger partial charge in [0.2, 0.25) is 0 Å². The molecule has 2 heterocycles. The van der Waals surface area contributed by atoms with E-state index < -0.39 is 0 Å². The van der Waals surface area contributed by atoms with Crippen LogP contribution in [0.25, 0.3) is 11.0 Å². The van der Waals surface area contributed by atoms with Crippen LogP contribution < -0.4 is 4.74 Å². The Morgan fingerprint density at radius 2 is 1.69 bits per heavy atom. The van der Waals surface area contributed by atoms with Crippen molar-refractivity contribution in [3.05, 3.63) is 59.4 Å². The average molecular weight is 392 g/mol. The number of aromatic nitrogens is 2. The van der Waals surface area contributed by atoms with Crippen molar-refractivity contribution in [2.75, 3.05) is 26.2 Å². The van der Waals surface area contributed by atoms with Crippen LogP contribution in [-0.4, -0.2) is 40.7 Å². The molecular weight excluding hydrogens is 358 g/mol. The quantitative estimate of drug-likeness (QED) is 0.473. The second kappa shape index (κ2) is 9.45. The van der Waals surface area contributed by atoms with E-state index in [0.717, 1.165) is 37.3 Å². The molecule has 1 aliphatic rings. The van der Waals surface area contributed by atoms with Gasteiger partial charge in [-0.25, -0.2) is 4.98 Å². The van der Waals surface area contributed by atoms with E-state index in [0.29, 0.717) is 0 Å². The lowest BCUT2D eigenvalue weighted by atomic mass is 10.1. The van der Waals surface area contributed by atoms with Crippen molar-refractivity contribution in [3.63, 3.8) is 0 Å². The number of imidazole rings is 1. The van der Waals surface area contributed by atoms with Crippen LogP contribution in [0.4, 0.5) is 0 Å². The summed E-state index contributed by atoms with van der Waals surface area (Å²) in [4.78, 5) is 7.53. The van der Waals surface area contributed by atoms with E-state index in [2.05, 4.69) is 65.8 Å². The van der Waals surface area contributed by atoms with Gasteiger partial charge in [-0.15, -0.1) is 0 Å². The molecule has 0 amide bonds. The summed E-state index contributed by atoms with van der Waals surface area (Å²) in [5, 5.41) is 0. The number of ether oxygens (including phenoxy) is 1. The number of fused-ring (bicyclic) bond motifs is 1. The van der Waals surface area contributed by atoms with Gasteiger partial charge in [0.15, 0.2) is 0 Å². The van der Waals surface area contributed by atoms with Crippen LogP contribution in [0.5, 0.6) is 5.75 Å². The van der Waals surface area contributed by atoms with Gasteiger partial charge in [-0.1, -0.05) is 18.2 Å². The van der Waals surface area contributed by atoms with Crippen molar-refractivity contribution in [1.82, 2.24) is 14.5 Å². The number of hydrogen-bond donors (Lipinski definition) is 0. The number of hydrogen-bond acceptors (Lipinski definition) is 3. The lowest BCUT2D eigenvalue weighted by Crippen LogP contribution is -2.21. The number of nitrogens with zero attached hydrogens (tertiary/aromatic N) is 3. The average Bonchev–Trinajstić information content (AvgIpc) is 3.32. The monoisotopic (exact) mass is 391 g/mol. The Morgan fingerprint density at radius 3 is 2.48 bits per heavy atom. The minimum absolute atomic E-state index is 0.725. The predicted octanol–water partition coefficient (Wildman–Crippen LogP) is 5.15. The molecule has 0 N–H and O–H groups in total. The molecule has 154 valence electrons. The molecule has 0 atom stereocenters. The van der Waals surface area contributed by atoms with E-state index in [-0.39, 0.29) is 0 Å². The lowest BCUT2D eigenvalue weighted by Gasteiger charge is -2.15. The third kappa shape index (κ3) is 5.18. The maximum absolute atomic E-state index is 6.03. The van der Waals surface area contributed by atoms with Crippen molar-refractivity contribution in [3.8, 4) is 5.75 Å². The van der Waals surface area contributed by atoms with Crippen molar-refractivity contribution in [1.29, 1.82) is 0 Å². The van der Waals surface area contributed by atoms with Crippen LogP contribution >= 0.6 is 0 Å². The van der Waals surface area contributed by atoms with Crippen molar-refractivity contribution in [2.24, 2.45) is 0 Å². The molecule has 1 fully saturated rings. The van der Waals surface area contributed by atoms with Gasteiger partial charge in [-0.3, -0.25) is 0 Å². The lowest BCUT2D eigenvalue weighted by molar-refractivity contribution is 0.300. The molecule has 4 rings (SSSR count). The first-order valence-corrected chi connectivity index (χ1v) is 11.1. The second-order valence-corrected chi connectivity index (χ2v) is 8.35. The molecule has 1 aliphatic heterocycles. The normalized spacial score (nSPS) is 14.7. The van der Waals surface area contributed by atoms with E-state index in [4.69, 9.17) is 9.72 Å². The molecule has 1 saturated heterocycles. The van der Waals surface area contributed by atoms with Crippen LogP contribution in [-0.2, 0) is 13.0 Å². The van der Waals surface area contributed by atoms with E-state index >= 15 is 0 Å². The first-order valence-electron chi connectivity index (χ1n) is 11.1.